The van der Waals surface area contributed by atoms with Gasteiger partial charge < -0.3 is 10.2 Å². The molecule has 6 heteroatoms. The molecule has 2 heterocycles. The Balaban J connectivity index is 2.24. The first-order valence-electron chi connectivity index (χ1n) is 8.99. The Hall–Kier alpha value is -1.33. The van der Waals surface area contributed by atoms with E-state index in [9.17, 15) is 9.59 Å². The quantitative estimate of drug-likeness (QED) is 0.564. The van der Waals surface area contributed by atoms with Gasteiger partial charge in [0, 0.05) is 19.6 Å². The van der Waals surface area contributed by atoms with Crippen LogP contribution in [0.4, 0.5) is 0 Å². The number of likely N-dealkylation sites (N-methyl/N-ethyl adjacent to an activating group) is 1. The fourth-order valence-corrected chi connectivity index (χ4v) is 3.49. The molecule has 0 aromatic heterocycles. The predicted molar refractivity (Wildman–Crippen MR) is 96.5 cm³/mol. The Morgan fingerprint density at radius 1 is 1.38 bits per heavy atom. The van der Waals surface area contributed by atoms with Crippen LogP contribution in [0.1, 0.15) is 46.0 Å². The smallest absolute Gasteiger partial charge is 0.254 e. The minimum atomic E-state index is -0.151. The molecular weight excluding hydrogens is 326 g/mol. The maximum atomic E-state index is 12.9. The molecule has 1 fully saturated rings. The number of aldehydes is 1. The molecular formula is C18H28ClN3O2. The lowest BCUT2D eigenvalue weighted by Crippen LogP contribution is -2.47. The van der Waals surface area contributed by atoms with Crippen LogP contribution < -0.4 is 5.32 Å². The first kappa shape index (κ1) is 19.0. The highest BCUT2D eigenvalue weighted by molar-refractivity contribution is 6.32. The largest absolute Gasteiger partial charge is 0.356 e. The minimum absolute atomic E-state index is 0.0759. The molecule has 5 nitrogen and oxygen atoms in total. The highest BCUT2D eigenvalue weighted by Gasteiger charge is 2.30. The van der Waals surface area contributed by atoms with Gasteiger partial charge in [0.2, 0.25) is 0 Å². The molecule has 134 valence electrons. The van der Waals surface area contributed by atoms with E-state index in [0.29, 0.717) is 11.9 Å². The van der Waals surface area contributed by atoms with Crippen LogP contribution in [0.15, 0.2) is 22.4 Å². The van der Waals surface area contributed by atoms with E-state index in [1.165, 1.54) is 0 Å². The van der Waals surface area contributed by atoms with Crippen LogP contribution in [-0.4, -0.2) is 54.3 Å². The number of nitrogens with one attached hydrogen (secondary N) is 1. The monoisotopic (exact) mass is 353 g/mol. The van der Waals surface area contributed by atoms with Crippen LogP contribution in [0.5, 0.6) is 0 Å². The summed E-state index contributed by atoms with van der Waals surface area (Å²) in [4.78, 5) is 28.5. The zero-order valence-corrected chi connectivity index (χ0v) is 15.4. The number of dihydropyridines is 1. The number of carbonyl (C=O) groups is 2. The van der Waals surface area contributed by atoms with Gasteiger partial charge in [0.05, 0.1) is 11.1 Å². The van der Waals surface area contributed by atoms with Crippen molar-refractivity contribution in [2.24, 2.45) is 0 Å². The van der Waals surface area contributed by atoms with Gasteiger partial charge in [-0.2, -0.15) is 0 Å². The number of carbonyl (C=O) groups excluding carboxylic acids is 2. The SMILES string of the molecule is CCCCN(CC)C1C=C(C(=O)N2CCCCC2)C(C=O)=C(Cl)N1. The van der Waals surface area contributed by atoms with E-state index < -0.39 is 0 Å². The summed E-state index contributed by atoms with van der Waals surface area (Å²) in [6.45, 7) is 7.52. The van der Waals surface area contributed by atoms with E-state index in [2.05, 4.69) is 24.1 Å². The van der Waals surface area contributed by atoms with Crippen LogP contribution in [0.25, 0.3) is 0 Å². The Kier molecular flexibility index (Phi) is 7.31. The summed E-state index contributed by atoms with van der Waals surface area (Å²) in [5.41, 5.74) is 0.714. The molecule has 0 saturated carbocycles. The molecule has 2 aliphatic heterocycles. The van der Waals surface area contributed by atoms with Gasteiger partial charge in [-0.25, -0.2) is 0 Å². The Bertz CT molecular complexity index is 524. The lowest BCUT2D eigenvalue weighted by Gasteiger charge is -2.35. The number of halogens is 1. The molecule has 1 saturated heterocycles. The van der Waals surface area contributed by atoms with Crippen molar-refractivity contribution in [3.63, 3.8) is 0 Å². The van der Waals surface area contributed by atoms with Crippen LogP contribution in [0, 0.1) is 0 Å². The number of hydrogen-bond donors (Lipinski definition) is 1. The van der Waals surface area contributed by atoms with Gasteiger partial charge in [0.1, 0.15) is 11.3 Å². The lowest BCUT2D eigenvalue weighted by atomic mass is 10.0. The van der Waals surface area contributed by atoms with Crippen molar-refractivity contribution in [1.29, 1.82) is 0 Å². The number of unbranched alkanes of at least 4 members (excludes halogenated alkanes) is 1. The average Bonchev–Trinajstić information content (AvgIpc) is 2.62. The third kappa shape index (κ3) is 4.39. The first-order valence-corrected chi connectivity index (χ1v) is 9.37. The van der Waals surface area contributed by atoms with Crippen molar-refractivity contribution in [2.45, 2.75) is 52.1 Å². The Morgan fingerprint density at radius 2 is 2.08 bits per heavy atom. The van der Waals surface area contributed by atoms with Gasteiger partial charge in [0.25, 0.3) is 5.91 Å². The predicted octanol–water partition coefficient (Wildman–Crippen LogP) is 2.63. The second-order valence-electron chi connectivity index (χ2n) is 6.35. The van der Waals surface area contributed by atoms with E-state index in [4.69, 9.17) is 11.6 Å². The van der Waals surface area contributed by atoms with Gasteiger partial charge in [-0.15, -0.1) is 0 Å². The molecule has 0 bridgehead atoms. The first-order chi connectivity index (χ1) is 11.6. The number of rotatable bonds is 7. The number of piperidine rings is 1. The van der Waals surface area contributed by atoms with Crippen LogP contribution >= 0.6 is 11.6 Å². The zero-order valence-electron chi connectivity index (χ0n) is 14.7. The molecule has 2 aliphatic rings. The van der Waals surface area contributed by atoms with Crippen molar-refractivity contribution in [2.75, 3.05) is 26.2 Å². The summed E-state index contributed by atoms with van der Waals surface area (Å²) in [7, 11) is 0. The molecule has 1 atom stereocenters. The minimum Gasteiger partial charge on any atom is -0.356 e. The van der Waals surface area contributed by atoms with E-state index in [1.54, 1.807) is 0 Å². The molecule has 0 radical (unpaired) electrons. The van der Waals surface area contributed by atoms with Crippen LogP contribution in [0.3, 0.4) is 0 Å². The summed E-state index contributed by atoms with van der Waals surface area (Å²) in [6.07, 6.45) is 7.78. The van der Waals surface area contributed by atoms with Crippen LogP contribution in [0.2, 0.25) is 0 Å². The number of amides is 1. The van der Waals surface area contributed by atoms with Crippen molar-refractivity contribution < 1.29 is 9.59 Å². The van der Waals surface area contributed by atoms with Gasteiger partial charge >= 0.3 is 0 Å². The van der Waals surface area contributed by atoms with E-state index >= 15 is 0 Å². The summed E-state index contributed by atoms with van der Waals surface area (Å²) < 4.78 is 0. The van der Waals surface area contributed by atoms with Crippen LogP contribution in [-0.2, 0) is 9.59 Å². The zero-order chi connectivity index (χ0) is 17.5. The van der Waals surface area contributed by atoms with Gasteiger partial charge in [-0.05, 0) is 38.3 Å². The molecule has 2 rings (SSSR count). The topological polar surface area (TPSA) is 52.7 Å². The second-order valence-corrected chi connectivity index (χ2v) is 6.73. The molecule has 24 heavy (non-hydrogen) atoms. The highest BCUT2D eigenvalue weighted by Crippen LogP contribution is 2.25. The molecule has 1 N–H and O–H groups in total. The molecule has 1 amide bonds. The summed E-state index contributed by atoms with van der Waals surface area (Å²) in [5.74, 6) is -0.0759. The maximum absolute atomic E-state index is 12.9. The average molecular weight is 354 g/mol. The van der Waals surface area contributed by atoms with Gasteiger partial charge in [-0.3, -0.25) is 14.5 Å². The molecule has 0 spiro atoms. The van der Waals surface area contributed by atoms with Gasteiger partial charge in [0.15, 0.2) is 6.29 Å². The molecule has 0 aromatic carbocycles. The molecule has 1 unspecified atom stereocenters. The van der Waals surface area contributed by atoms with E-state index in [1.807, 2.05) is 11.0 Å². The van der Waals surface area contributed by atoms with Crippen molar-refractivity contribution in [1.82, 2.24) is 15.1 Å². The van der Waals surface area contributed by atoms with Gasteiger partial charge in [-0.1, -0.05) is 31.9 Å². The lowest BCUT2D eigenvalue weighted by molar-refractivity contribution is -0.128. The summed E-state index contributed by atoms with van der Waals surface area (Å²) in [6, 6.07) is 0. The van der Waals surface area contributed by atoms with Crippen molar-refractivity contribution in [3.8, 4) is 0 Å². The Labute approximate surface area is 149 Å². The van der Waals surface area contributed by atoms with E-state index in [0.717, 1.165) is 58.3 Å². The highest BCUT2D eigenvalue weighted by atomic mass is 35.5. The number of likely N-dealkylation sites (tertiary alicyclic amines) is 1. The number of hydrogen-bond acceptors (Lipinski definition) is 4. The normalized spacial score (nSPS) is 21.6. The maximum Gasteiger partial charge on any atom is 0.254 e. The Morgan fingerprint density at radius 3 is 2.67 bits per heavy atom. The van der Waals surface area contributed by atoms with Crippen molar-refractivity contribution in [3.05, 3.63) is 22.4 Å². The van der Waals surface area contributed by atoms with Crippen molar-refractivity contribution >= 4 is 23.8 Å². The van der Waals surface area contributed by atoms with E-state index in [-0.39, 0.29) is 22.8 Å². The number of nitrogens with zero attached hydrogens (tertiary/aromatic N) is 2. The third-order valence-electron chi connectivity index (χ3n) is 4.72. The summed E-state index contributed by atoms with van der Waals surface area (Å²) in [5, 5.41) is 3.43. The molecule has 0 aliphatic carbocycles. The second kappa shape index (κ2) is 9.23. The summed E-state index contributed by atoms with van der Waals surface area (Å²) >= 11 is 6.29. The standard InChI is InChI=1S/C18H28ClN3O2/c1-3-5-9-21(4-2)16-12-14(15(13-23)17(19)20-16)18(24)22-10-7-6-8-11-22/h12-13,16,20H,3-11H2,1-2H3. The molecule has 0 aromatic rings. The third-order valence-corrected chi connectivity index (χ3v) is 5.03. The fraction of sp³-hybridized carbons (Fsp3) is 0.667. The fourth-order valence-electron chi connectivity index (χ4n) is 3.24.